The normalized spacial score (nSPS) is 9.90. The number of hydrogen-bond acceptors (Lipinski definition) is 2. The van der Waals surface area contributed by atoms with Crippen LogP contribution in [0.1, 0.15) is 21.5 Å². The molecule has 1 amide bonds. The molecule has 2 N–H and O–H groups in total. The lowest BCUT2D eigenvalue weighted by atomic mass is 10.0. The Kier molecular flexibility index (Phi) is 5.14. The van der Waals surface area contributed by atoms with E-state index in [4.69, 9.17) is 6.42 Å². The van der Waals surface area contributed by atoms with E-state index in [-0.39, 0.29) is 5.91 Å². The maximum absolute atomic E-state index is 12.4. The van der Waals surface area contributed by atoms with Gasteiger partial charge in [0.25, 0.3) is 5.91 Å². The minimum absolute atomic E-state index is 0.115. The first kappa shape index (κ1) is 14.8. The van der Waals surface area contributed by atoms with Gasteiger partial charge in [0.1, 0.15) is 0 Å². The fourth-order valence-electron chi connectivity index (χ4n) is 2.10. The molecule has 3 nitrogen and oxygen atoms in total. The highest BCUT2D eigenvalue weighted by Crippen LogP contribution is 2.14. The molecule has 0 bridgehead atoms. The van der Waals surface area contributed by atoms with Gasteiger partial charge in [-0.05, 0) is 49.8 Å². The highest BCUT2D eigenvalue weighted by atomic mass is 16.1. The maximum Gasteiger partial charge on any atom is 0.255 e. The molecule has 106 valence electrons. The van der Waals surface area contributed by atoms with Gasteiger partial charge in [0, 0.05) is 16.8 Å². The van der Waals surface area contributed by atoms with E-state index in [1.54, 1.807) is 6.07 Å². The van der Waals surface area contributed by atoms with E-state index in [9.17, 15) is 4.79 Å². The first-order valence-corrected chi connectivity index (χ1v) is 6.85. The smallest absolute Gasteiger partial charge is 0.255 e. The SMILES string of the molecule is C#Cc1cccc(NC(=O)c2ccccc2CCNC)c1. The molecular weight excluding hydrogens is 260 g/mol. The molecular formula is C18H18N2O. The number of carbonyl (C=O) groups is 1. The Morgan fingerprint density at radius 2 is 2.00 bits per heavy atom. The Labute approximate surface area is 125 Å². The van der Waals surface area contributed by atoms with Crippen LogP contribution in [0.2, 0.25) is 0 Å². The number of benzene rings is 2. The Morgan fingerprint density at radius 1 is 1.19 bits per heavy atom. The van der Waals surface area contributed by atoms with Gasteiger partial charge in [0.2, 0.25) is 0 Å². The summed E-state index contributed by atoms with van der Waals surface area (Å²) in [6.45, 7) is 0.830. The highest BCUT2D eigenvalue weighted by Gasteiger charge is 2.10. The molecule has 0 aliphatic heterocycles. The number of terminal acetylenes is 1. The van der Waals surface area contributed by atoms with E-state index >= 15 is 0 Å². The van der Waals surface area contributed by atoms with Crippen LogP contribution in [0, 0.1) is 12.3 Å². The number of likely N-dealkylation sites (N-methyl/N-ethyl adjacent to an activating group) is 1. The number of amides is 1. The number of rotatable bonds is 5. The van der Waals surface area contributed by atoms with E-state index < -0.39 is 0 Å². The van der Waals surface area contributed by atoms with Gasteiger partial charge in [-0.1, -0.05) is 30.2 Å². The fourth-order valence-corrected chi connectivity index (χ4v) is 2.10. The minimum Gasteiger partial charge on any atom is -0.322 e. The Morgan fingerprint density at radius 3 is 2.76 bits per heavy atom. The highest BCUT2D eigenvalue weighted by molar-refractivity contribution is 6.05. The summed E-state index contributed by atoms with van der Waals surface area (Å²) >= 11 is 0. The van der Waals surface area contributed by atoms with Gasteiger partial charge >= 0.3 is 0 Å². The van der Waals surface area contributed by atoms with Crippen molar-refractivity contribution in [3.05, 3.63) is 65.2 Å². The monoisotopic (exact) mass is 278 g/mol. The lowest BCUT2D eigenvalue weighted by Crippen LogP contribution is -2.17. The van der Waals surface area contributed by atoms with Crippen LogP contribution < -0.4 is 10.6 Å². The molecule has 0 radical (unpaired) electrons. The molecule has 0 aliphatic rings. The second kappa shape index (κ2) is 7.28. The van der Waals surface area contributed by atoms with E-state index in [0.29, 0.717) is 11.3 Å². The molecule has 2 aromatic rings. The molecule has 0 heterocycles. The van der Waals surface area contributed by atoms with Gasteiger partial charge in [-0.25, -0.2) is 0 Å². The topological polar surface area (TPSA) is 41.1 Å². The van der Waals surface area contributed by atoms with Crippen molar-refractivity contribution in [3.63, 3.8) is 0 Å². The first-order chi connectivity index (χ1) is 10.2. The summed E-state index contributed by atoms with van der Waals surface area (Å²) in [5, 5.41) is 5.99. The van der Waals surface area contributed by atoms with E-state index in [1.165, 1.54) is 0 Å². The first-order valence-electron chi connectivity index (χ1n) is 6.85. The lowest BCUT2D eigenvalue weighted by Gasteiger charge is -2.10. The van der Waals surface area contributed by atoms with Crippen LogP contribution in [0.3, 0.4) is 0 Å². The number of nitrogens with one attached hydrogen (secondary N) is 2. The quantitative estimate of drug-likeness (QED) is 0.826. The van der Waals surface area contributed by atoms with Gasteiger partial charge < -0.3 is 10.6 Å². The van der Waals surface area contributed by atoms with Crippen LogP contribution in [0.25, 0.3) is 0 Å². The van der Waals surface area contributed by atoms with Crippen molar-refractivity contribution in [3.8, 4) is 12.3 Å². The third-order valence-electron chi connectivity index (χ3n) is 3.19. The molecule has 0 fully saturated rings. The van der Waals surface area contributed by atoms with Crippen molar-refractivity contribution in [2.24, 2.45) is 0 Å². The summed E-state index contributed by atoms with van der Waals surface area (Å²) in [6.07, 6.45) is 6.18. The predicted molar refractivity (Wildman–Crippen MR) is 86.4 cm³/mol. The van der Waals surface area contributed by atoms with Crippen molar-refractivity contribution in [1.29, 1.82) is 0 Å². The van der Waals surface area contributed by atoms with Crippen LogP contribution in [-0.2, 0) is 6.42 Å². The summed E-state index contributed by atoms with van der Waals surface area (Å²) < 4.78 is 0. The van der Waals surface area contributed by atoms with Crippen LogP contribution >= 0.6 is 0 Å². The lowest BCUT2D eigenvalue weighted by molar-refractivity contribution is 0.102. The third-order valence-corrected chi connectivity index (χ3v) is 3.19. The van der Waals surface area contributed by atoms with Crippen molar-refractivity contribution in [1.82, 2.24) is 5.32 Å². The number of anilines is 1. The van der Waals surface area contributed by atoms with Crippen LogP contribution in [0.5, 0.6) is 0 Å². The van der Waals surface area contributed by atoms with Gasteiger partial charge in [-0.2, -0.15) is 0 Å². The Bertz CT molecular complexity index is 671. The Balaban J connectivity index is 2.18. The summed E-state index contributed by atoms with van der Waals surface area (Å²) in [7, 11) is 1.90. The van der Waals surface area contributed by atoms with Crippen molar-refractivity contribution >= 4 is 11.6 Å². The van der Waals surface area contributed by atoms with Gasteiger partial charge in [-0.15, -0.1) is 6.42 Å². The summed E-state index contributed by atoms with van der Waals surface area (Å²) in [4.78, 5) is 12.4. The zero-order chi connectivity index (χ0) is 15.1. The number of hydrogen-bond donors (Lipinski definition) is 2. The molecule has 0 aliphatic carbocycles. The van der Waals surface area contributed by atoms with Crippen LogP contribution in [0.15, 0.2) is 48.5 Å². The zero-order valence-corrected chi connectivity index (χ0v) is 12.0. The molecule has 3 heteroatoms. The van der Waals surface area contributed by atoms with E-state index in [1.807, 2.05) is 49.5 Å². The van der Waals surface area contributed by atoms with Crippen molar-refractivity contribution in [2.75, 3.05) is 18.9 Å². The molecule has 21 heavy (non-hydrogen) atoms. The second-order valence-corrected chi connectivity index (χ2v) is 4.69. The van der Waals surface area contributed by atoms with E-state index in [0.717, 1.165) is 24.1 Å². The van der Waals surface area contributed by atoms with Crippen LogP contribution in [0.4, 0.5) is 5.69 Å². The molecule has 0 saturated carbocycles. The van der Waals surface area contributed by atoms with Gasteiger partial charge in [0.15, 0.2) is 0 Å². The summed E-state index contributed by atoms with van der Waals surface area (Å²) in [6, 6.07) is 14.9. The summed E-state index contributed by atoms with van der Waals surface area (Å²) in [5.41, 5.74) is 3.17. The zero-order valence-electron chi connectivity index (χ0n) is 12.0. The third kappa shape index (κ3) is 3.95. The predicted octanol–water partition coefficient (Wildman–Crippen LogP) is 2.68. The van der Waals surface area contributed by atoms with Crippen LogP contribution in [-0.4, -0.2) is 19.5 Å². The average molecular weight is 278 g/mol. The average Bonchev–Trinajstić information content (AvgIpc) is 2.53. The largest absolute Gasteiger partial charge is 0.322 e. The maximum atomic E-state index is 12.4. The molecule has 0 saturated heterocycles. The summed E-state index contributed by atoms with van der Waals surface area (Å²) in [5.74, 6) is 2.45. The van der Waals surface area contributed by atoms with Gasteiger partial charge in [-0.3, -0.25) is 4.79 Å². The molecule has 2 aromatic carbocycles. The molecule has 2 rings (SSSR count). The standard InChI is InChI=1S/C18H18N2O/c1-3-14-7-6-9-16(13-14)20-18(21)17-10-5-4-8-15(17)11-12-19-2/h1,4-10,13,19H,11-12H2,2H3,(H,20,21). The molecule has 0 spiro atoms. The van der Waals surface area contributed by atoms with Gasteiger partial charge in [0.05, 0.1) is 0 Å². The number of carbonyl (C=O) groups excluding carboxylic acids is 1. The minimum atomic E-state index is -0.115. The van der Waals surface area contributed by atoms with Crippen molar-refractivity contribution < 1.29 is 4.79 Å². The fraction of sp³-hybridized carbons (Fsp3) is 0.167. The second-order valence-electron chi connectivity index (χ2n) is 4.69. The molecule has 0 aromatic heterocycles. The van der Waals surface area contributed by atoms with Crippen molar-refractivity contribution in [2.45, 2.75) is 6.42 Å². The molecule has 0 atom stereocenters. The van der Waals surface area contributed by atoms with E-state index in [2.05, 4.69) is 16.6 Å². The molecule has 0 unspecified atom stereocenters. The Hall–Kier alpha value is -2.57.